The van der Waals surface area contributed by atoms with Gasteiger partial charge in [-0.2, -0.15) is 0 Å². The van der Waals surface area contributed by atoms with Crippen LogP contribution in [-0.4, -0.2) is 63.0 Å². The summed E-state index contributed by atoms with van der Waals surface area (Å²) in [5, 5.41) is 0. The Morgan fingerprint density at radius 1 is 0.970 bits per heavy atom. The molecule has 6 nitrogen and oxygen atoms in total. The van der Waals surface area contributed by atoms with Gasteiger partial charge in [-0.25, -0.2) is 18.3 Å². The van der Waals surface area contributed by atoms with Crippen molar-refractivity contribution < 1.29 is 8.77 Å². The van der Waals surface area contributed by atoms with Gasteiger partial charge in [-0.3, -0.25) is 9.46 Å². The zero-order valence-electron chi connectivity index (χ0n) is 20.6. The summed E-state index contributed by atoms with van der Waals surface area (Å²) in [6, 6.07) is 18.1. The van der Waals surface area contributed by atoms with Crippen molar-refractivity contribution in [1.29, 1.82) is 0 Å². The molecule has 2 aromatic carbocycles. The van der Waals surface area contributed by atoms with Gasteiger partial charge < -0.3 is 0 Å². The average Bonchev–Trinajstić information content (AvgIpc) is 3.58. The van der Waals surface area contributed by atoms with Crippen LogP contribution < -0.4 is 4.72 Å². The van der Waals surface area contributed by atoms with E-state index in [-0.39, 0.29) is 6.04 Å². The van der Waals surface area contributed by atoms with E-state index >= 15 is 0 Å². The molecule has 2 unspecified atom stereocenters. The number of hydrogen-bond donors (Lipinski definition) is 1. The van der Waals surface area contributed by atoms with Gasteiger partial charge in [0, 0.05) is 45.3 Å². The van der Waals surface area contributed by atoms with Gasteiger partial charge >= 0.3 is 0 Å². The number of aryl methyl sites for hydroxylation is 1. The second-order valence-corrected chi connectivity index (χ2v) is 12.6. The Labute approximate surface area is 202 Å². The van der Waals surface area contributed by atoms with E-state index in [1.807, 2.05) is 49.4 Å². The van der Waals surface area contributed by atoms with Gasteiger partial charge in [0.15, 0.2) is 0 Å². The number of nitrogens with one attached hydrogen (secondary N) is 1. The molecule has 1 aliphatic rings. The summed E-state index contributed by atoms with van der Waals surface area (Å²) in [6.45, 7) is 14.6. The maximum absolute atomic E-state index is 15.0. The topological polar surface area (TPSA) is 55.7 Å². The van der Waals surface area contributed by atoms with Crippen LogP contribution >= 0.6 is 7.44 Å². The maximum Gasteiger partial charge on any atom is 0.235 e. The van der Waals surface area contributed by atoms with Crippen LogP contribution in [0.25, 0.3) is 0 Å². The standard InChI is InChI=1S/C25H39N4O2PS/c1-6-28(7-2)32(30,29(8-3)9-4)25(26-33(31)23-17-15-21(5)16-18-23)24-20-27(24)19-22-13-11-10-12-14-22/h10-18,24-26H,6-9,19-20H2,1-5H3/t24-,25-,27?,33?/m0/s1. The third-order valence-electron chi connectivity index (χ3n) is 6.45. The lowest BCUT2D eigenvalue weighted by molar-refractivity contribution is 0.339. The lowest BCUT2D eigenvalue weighted by Crippen LogP contribution is -2.47. The number of rotatable bonds is 13. The van der Waals surface area contributed by atoms with Crippen molar-refractivity contribution in [1.82, 2.24) is 19.0 Å². The lowest BCUT2D eigenvalue weighted by Gasteiger charge is -2.42. The van der Waals surface area contributed by atoms with Crippen molar-refractivity contribution in [3.8, 4) is 0 Å². The monoisotopic (exact) mass is 490 g/mol. The third-order valence-corrected chi connectivity index (χ3v) is 11.7. The summed E-state index contributed by atoms with van der Waals surface area (Å²) in [5.41, 5.74) is 2.36. The fourth-order valence-electron chi connectivity index (χ4n) is 4.49. The molecule has 1 N–H and O–H groups in total. The minimum absolute atomic E-state index is 0.0617. The van der Waals surface area contributed by atoms with E-state index in [0.29, 0.717) is 31.1 Å². The third kappa shape index (κ3) is 6.02. The Kier molecular flexibility index (Phi) is 9.45. The van der Waals surface area contributed by atoms with Crippen molar-refractivity contribution in [2.24, 2.45) is 0 Å². The van der Waals surface area contributed by atoms with Crippen LogP contribution in [0.3, 0.4) is 0 Å². The predicted molar refractivity (Wildman–Crippen MR) is 139 cm³/mol. The molecule has 0 radical (unpaired) electrons. The second-order valence-electron chi connectivity index (χ2n) is 8.49. The Morgan fingerprint density at radius 3 is 2.03 bits per heavy atom. The van der Waals surface area contributed by atoms with Gasteiger partial charge in [0.25, 0.3) is 0 Å². The largest absolute Gasteiger partial charge is 0.291 e. The van der Waals surface area contributed by atoms with E-state index < -0.39 is 24.2 Å². The average molecular weight is 491 g/mol. The zero-order valence-corrected chi connectivity index (χ0v) is 22.3. The normalized spacial score (nSPS) is 20.2. The van der Waals surface area contributed by atoms with Crippen LogP contribution in [0.2, 0.25) is 0 Å². The molecule has 1 aliphatic heterocycles. The van der Waals surface area contributed by atoms with Gasteiger partial charge in [-0.05, 0) is 24.6 Å². The quantitative estimate of drug-likeness (QED) is 0.326. The Bertz CT molecular complexity index is 933. The molecule has 0 spiro atoms. The summed E-state index contributed by atoms with van der Waals surface area (Å²) in [4.78, 5) is 3.05. The second kappa shape index (κ2) is 11.9. The summed E-state index contributed by atoms with van der Waals surface area (Å²) in [6.07, 6.45) is 0. The molecule has 0 aromatic heterocycles. The SMILES string of the molecule is CCN(CC)P(=O)([C@H](NS(=O)c1ccc(C)cc1)[C@@H]1CN1Cc1ccccc1)N(CC)CC. The Morgan fingerprint density at radius 2 is 1.52 bits per heavy atom. The highest BCUT2D eigenvalue weighted by molar-refractivity contribution is 7.83. The number of nitrogens with zero attached hydrogens (tertiary/aromatic N) is 3. The Hall–Kier alpha value is -1.34. The van der Waals surface area contributed by atoms with Gasteiger partial charge in [0.05, 0.1) is 4.90 Å². The van der Waals surface area contributed by atoms with Crippen LogP contribution in [0.1, 0.15) is 38.8 Å². The summed E-state index contributed by atoms with van der Waals surface area (Å²) in [7, 11) is -4.50. The van der Waals surface area contributed by atoms with Gasteiger partial charge in [-0.15, -0.1) is 0 Å². The first kappa shape index (κ1) is 26.3. The smallest absolute Gasteiger partial charge is 0.235 e. The molecule has 1 fully saturated rings. The Balaban J connectivity index is 1.95. The molecule has 3 rings (SSSR count). The molecule has 1 heterocycles. The van der Waals surface area contributed by atoms with Crippen molar-refractivity contribution in [3.63, 3.8) is 0 Å². The summed E-state index contributed by atoms with van der Waals surface area (Å²) >= 11 is 0. The number of hydrogen-bond acceptors (Lipinski definition) is 3. The molecule has 0 amide bonds. The molecule has 2 aromatic rings. The molecular formula is C25H39N4O2PS. The van der Waals surface area contributed by atoms with E-state index in [2.05, 4.69) is 58.8 Å². The molecule has 1 saturated heterocycles. The van der Waals surface area contributed by atoms with E-state index in [1.165, 1.54) is 5.56 Å². The van der Waals surface area contributed by atoms with E-state index in [9.17, 15) is 8.77 Å². The van der Waals surface area contributed by atoms with Crippen molar-refractivity contribution in [3.05, 3.63) is 65.7 Å². The summed E-state index contributed by atoms with van der Waals surface area (Å²) in [5.74, 6) is -0.414. The number of benzene rings is 2. The lowest BCUT2D eigenvalue weighted by atomic mass is 10.2. The zero-order chi connectivity index (χ0) is 24.0. The molecule has 182 valence electrons. The molecule has 0 saturated carbocycles. The van der Waals surface area contributed by atoms with Gasteiger partial charge in [0.2, 0.25) is 7.44 Å². The first-order chi connectivity index (χ1) is 15.9. The molecule has 0 bridgehead atoms. The van der Waals surface area contributed by atoms with Crippen LogP contribution in [0.5, 0.6) is 0 Å². The molecule has 4 atom stereocenters. The summed E-state index contributed by atoms with van der Waals surface area (Å²) < 4.78 is 35.9. The van der Waals surface area contributed by atoms with Crippen molar-refractivity contribution in [2.45, 2.75) is 57.9 Å². The van der Waals surface area contributed by atoms with Crippen LogP contribution in [0.15, 0.2) is 59.5 Å². The molecule has 8 heteroatoms. The predicted octanol–water partition coefficient (Wildman–Crippen LogP) is 4.69. The highest BCUT2D eigenvalue weighted by atomic mass is 32.2. The van der Waals surface area contributed by atoms with Crippen LogP contribution in [0, 0.1) is 6.92 Å². The van der Waals surface area contributed by atoms with E-state index in [0.717, 1.165) is 18.7 Å². The van der Waals surface area contributed by atoms with Crippen LogP contribution in [-0.2, 0) is 22.1 Å². The first-order valence-corrected chi connectivity index (χ1v) is 14.8. The minimum Gasteiger partial charge on any atom is -0.291 e. The minimum atomic E-state index is -3.05. The van der Waals surface area contributed by atoms with Gasteiger partial charge in [-0.1, -0.05) is 75.7 Å². The van der Waals surface area contributed by atoms with Gasteiger partial charge in [0.1, 0.15) is 16.8 Å². The fraction of sp³-hybridized carbons (Fsp3) is 0.520. The van der Waals surface area contributed by atoms with E-state index in [1.54, 1.807) is 0 Å². The van der Waals surface area contributed by atoms with Crippen molar-refractivity contribution >= 4 is 18.4 Å². The van der Waals surface area contributed by atoms with Crippen LogP contribution in [0.4, 0.5) is 0 Å². The molecule has 33 heavy (non-hydrogen) atoms. The fourth-order valence-corrected chi connectivity index (χ4v) is 9.64. The van der Waals surface area contributed by atoms with Crippen molar-refractivity contribution in [2.75, 3.05) is 32.7 Å². The first-order valence-electron chi connectivity index (χ1n) is 12.0. The highest BCUT2D eigenvalue weighted by Crippen LogP contribution is 2.59. The van der Waals surface area contributed by atoms with E-state index in [4.69, 9.17) is 0 Å². The maximum atomic E-state index is 15.0. The molecular weight excluding hydrogens is 451 g/mol. The molecule has 0 aliphatic carbocycles. The highest BCUT2D eigenvalue weighted by Gasteiger charge is 2.53.